The molecule has 3 heterocycles. The van der Waals surface area contributed by atoms with E-state index in [2.05, 4.69) is 30.2 Å². The van der Waals surface area contributed by atoms with Gasteiger partial charge in [0.05, 0.1) is 6.04 Å². The summed E-state index contributed by atoms with van der Waals surface area (Å²) >= 11 is 0. The summed E-state index contributed by atoms with van der Waals surface area (Å²) in [5, 5.41) is 3.38. The van der Waals surface area contributed by atoms with Gasteiger partial charge in [0.25, 0.3) is 5.91 Å². The van der Waals surface area contributed by atoms with Gasteiger partial charge in [-0.3, -0.25) is 9.78 Å². The fourth-order valence-corrected chi connectivity index (χ4v) is 3.68. The third kappa shape index (κ3) is 3.41. The van der Waals surface area contributed by atoms with Crippen LogP contribution in [0.4, 0.5) is 0 Å². The Morgan fingerprint density at radius 2 is 2.12 bits per heavy atom. The van der Waals surface area contributed by atoms with Crippen molar-refractivity contribution in [3.05, 3.63) is 58.9 Å². The highest BCUT2D eigenvalue weighted by molar-refractivity contribution is 5.85. The molecule has 1 aromatic heterocycles. The number of amides is 1. The number of aryl methyl sites for hydroxylation is 2. The highest BCUT2D eigenvalue weighted by atomic mass is 35.5. The number of hydrogen-bond acceptors (Lipinski definition) is 4. The molecule has 4 rings (SSSR count). The van der Waals surface area contributed by atoms with Gasteiger partial charge in [-0.25, -0.2) is 0 Å². The summed E-state index contributed by atoms with van der Waals surface area (Å²) in [7, 11) is 0. The number of ether oxygens (including phenoxy) is 1. The van der Waals surface area contributed by atoms with Crippen molar-refractivity contribution in [2.75, 3.05) is 19.6 Å². The summed E-state index contributed by atoms with van der Waals surface area (Å²) in [5.74, 6) is 0.927. The fraction of sp³-hybridized carbons (Fsp3) is 0.400. The van der Waals surface area contributed by atoms with E-state index in [-0.39, 0.29) is 24.4 Å². The van der Waals surface area contributed by atoms with Crippen LogP contribution < -0.4 is 10.1 Å². The highest BCUT2D eigenvalue weighted by Crippen LogP contribution is 2.33. The topological polar surface area (TPSA) is 54.5 Å². The van der Waals surface area contributed by atoms with Crippen LogP contribution in [0.15, 0.2) is 36.7 Å². The molecule has 6 heteroatoms. The smallest absolute Gasteiger partial charge is 0.264 e. The van der Waals surface area contributed by atoms with E-state index in [0.717, 1.165) is 30.0 Å². The van der Waals surface area contributed by atoms with Crippen LogP contribution in [-0.4, -0.2) is 41.5 Å². The van der Waals surface area contributed by atoms with Gasteiger partial charge in [-0.15, -0.1) is 12.4 Å². The molecule has 26 heavy (non-hydrogen) atoms. The summed E-state index contributed by atoms with van der Waals surface area (Å²) in [5.41, 5.74) is 4.63. The third-order valence-electron chi connectivity index (χ3n) is 5.22. The zero-order valence-corrected chi connectivity index (χ0v) is 15.9. The molecule has 2 aromatic rings. The predicted molar refractivity (Wildman–Crippen MR) is 103 cm³/mol. The Hall–Kier alpha value is -2.11. The molecule has 138 valence electrons. The van der Waals surface area contributed by atoms with E-state index < -0.39 is 6.10 Å². The molecule has 1 amide bonds. The number of benzene rings is 1. The molecular formula is C20H24ClN3O2. The second-order valence-electron chi connectivity index (χ2n) is 6.89. The first kappa shape index (κ1) is 18.7. The highest BCUT2D eigenvalue weighted by Gasteiger charge is 2.37. The minimum Gasteiger partial charge on any atom is -0.480 e. The van der Waals surface area contributed by atoms with Crippen molar-refractivity contribution in [3.63, 3.8) is 0 Å². The van der Waals surface area contributed by atoms with Crippen molar-refractivity contribution >= 4 is 18.3 Å². The van der Waals surface area contributed by atoms with Gasteiger partial charge in [-0.1, -0.05) is 12.1 Å². The second-order valence-corrected chi connectivity index (χ2v) is 6.89. The fourth-order valence-electron chi connectivity index (χ4n) is 3.68. The largest absolute Gasteiger partial charge is 0.480 e. The van der Waals surface area contributed by atoms with Crippen LogP contribution in [0, 0.1) is 13.8 Å². The molecule has 5 nitrogen and oxygen atoms in total. The van der Waals surface area contributed by atoms with Crippen molar-refractivity contribution in [3.8, 4) is 5.75 Å². The van der Waals surface area contributed by atoms with E-state index in [9.17, 15) is 4.79 Å². The molecule has 2 aliphatic rings. The average Bonchev–Trinajstić information content (AvgIpc) is 3.05. The first-order valence-electron chi connectivity index (χ1n) is 8.81. The number of halogens is 1. The zero-order chi connectivity index (χ0) is 17.4. The van der Waals surface area contributed by atoms with Gasteiger partial charge in [-0.2, -0.15) is 0 Å². The summed E-state index contributed by atoms with van der Waals surface area (Å²) in [4.78, 5) is 19.3. The number of carbonyl (C=O) groups is 1. The summed E-state index contributed by atoms with van der Waals surface area (Å²) in [6, 6.07) is 8.15. The maximum absolute atomic E-state index is 13.2. The molecule has 0 spiro atoms. The molecule has 2 aliphatic heterocycles. The Labute approximate surface area is 160 Å². The van der Waals surface area contributed by atoms with E-state index in [1.165, 1.54) is 11.1 Å². The van der Waals surface area contributed by atoms with E-state index in [1.807, 2.05) is 29.3 Å². The van der Waals surface area contributed by atoms with Gasteiger partial charge < -0.3 is 15.0 Å². The van der Waals surface area contributed by atoms with Crippen molar-refractivity contribution in [2.24, 2.45) is 0 Å². The quantitative estimate of drug-likeness (QED) is 0.879. The number of fused-ring (bicyclic) bond motifs is 1. The zero-order valence-electron chi connectivity index (χ0n) is 15.1. The number of carbonyl (C=O) groups excluding carboxylic acids is 1. The molecule has 1 N–H and O–H groups in total. The van der Waals surface area contributed by atoms with Gasteiger partial charge in [0.2, 0.25) is 0 Å². The van der Waals surface area contributed by atoms with E-state index in [4.69, 9.17) is 4.74 Å². The van der Waals surface area contributed by atoms with E-state index in [0.29, 0.717) is 13.0 Å². The van der Waals surface area contributed by atoms with Gasteiger partial charge in [-0.05, 0) is 48.2 Å². The Morgan fingerprint density at radius 3 is 2.88 bits per heavy atom. The number of nitrogens with zero attached hydrogens (tertiary/aromatic N) is 2. The maximum atomic E-state index is 13.2. The Morgan fingerprint density at radius 1 is 1.31 bits per heavy atom. The lowest BCUT2D eigenvalue weighted by atomic mass is 10.0. The van der Waals surface area contributed by atoms with Gasteiger partial charge in [0.1, 0.15) is 5.75 Å². The lowest BCUT2D eigenvalue weighted by Crippen LogP contribution is -2.52. The average molecular weight is 374 g/mol. The summed E-state index contributed by atoms with van der Waals surface area (Å²) in [6.07, 6.45) is 3.83. The maximum Gasteiger partial charge on any atom is 0.264 e. The van der Waals surface area contributed by atoms with Crippen LogP contribution in [0.2, 0.25) is 0 Å². The minimum absolute atomic E-state index is 0. The SMILES string of the molecule is Cc1cc2c(cc1C)OC(C(=O)N1CCNCC1c1cccnc1)C2.Cl. The van der Waals surface area contributed by atoms with Crippen LogP contribution >= 0.6 is 12.4 Å². The molecule has 2 unspecified atom stereocenters. The molecule has 1 saturated heterocycles. The van der Waals surface area contributed by atoms with Crippen LogP contribution in [0.3, 0.4) is 0 Å². The molecular weight excluding hydrogens is 350 g/mol. The molecule has 2 atom stereocenters. The van der Waals surface area contributed by atoms with Crippen molar-refractivity contribution in [2.45, 2.75) is 32.4 Å². The van der Waals surface area contributed by atoms with Crippen LogP contribution in [0.25, 0.3) is 0 Å². The summed E-state index contributed by atoms with van der Waals surface area (Å²) < 4.78 is 6.01. The van der Waals surface area contributed by atoms with Crippen molar-refractivity contribution in [1.29, 1.82) is 0 Å². The molecule has 0 bridgehead atoms. The Balaban J connectivity index is 0.00000196. The second kappa shape index (κ2) is 7.64. The van der Waals surface area contributed by atoms with Crippen LogP contribution in [-0.2, 0) is 11.2 Å². The predicted octanol–water partition coefficient (Wildman–Crippen LogP) is 2.60. The lowest BCUT2D eigenvalue weighted by Gasteiger charge is -2.37. The van der Waals surface area contributed by atoms with Crippen molar-refractivity contribution < 1.29 is 9.53 Å². The standard InChI is InChI=1S/C20H23N3O2.ClH/c1-13-8-16-10-19(25-18(16)9-14(13)2)20(24)23-7-6-22-12-17(23)15-4-3-5-21-11-15;/h3-5,8-9,11,17,19,22H,6-7,10,12H2,1-2H3;1H. The molecule has 0 saturated carbocycles. The Bertz CT molecular complexity index is 766. The summed E-state index contributed by atoms with van der Waals surface area (Å²) in [6.45, 7) is 6.41. The van der Waals surface area contributed by atoms with Crippen LogP contribution in [0.1, 0.15) is 28.3 Å². The number of nitrogens with one attached hydrogen (secondary N) is 1. The van der Waals surface area contributed by atoms with Gasteiger partial charge >= 0.3 is 0 Å². The minimum atomic E-state index is -0.423. The number of aromatic nitrogens is 1. The lowest BCUT2D eigenvalue weighted by molar-refractivity contribution is -0.141. The number of hydrogen-bond donors (Lipinski definition) is 1. The van der Waals surface area contributed by atoms with Crippen LogP contribution in [0.5, 0.6) is 5.75 Å². The first-order chi connectivity index (χ1) is 12.1. The molecule has 0 radical (unpaired) electrons. The van der Waals surface area contributed by atoms with Gasteiger partial charge in [0.15, 0.2) is 6.10 Å². The van der Waals surface area contributed by atoms with E-state index in [1.54, 1.807) is 6.20 Å². The van der Waals surface area contributed by atoms with Gasteiger partial charge in [0, 0.05) is 38.4 Å². The number of rotatable bonds is 2. The van der Waals surface area contributed by atoms with E-state index >= 15 is 0 Å². The normalized spacial score (nSPS) is 21.5. The monoisotopic (exact) mass is 373 g/mol. The first-order valence-corrected chi connectivity index (χ1v) is 8.81. The molecule has 1 fully saturated rings. The molecule has 1 aromatic carbocycles. The van der Waals surface area contributed by atoms with Crippen molar-refractivity contribution in [1.82, 2.24) is 15.2 Å². The third-order valence-corrected chi connectivity index (χ3v) is 5.22. The Kier molecular flexibility index (Phi) is 5.49. The number of piperazine rings is 1. The number of pyridine rings is 1. The molecule has 0 aliphatic carbocycles.